The van der Waals surface area contributed by atoms with Crippen molar-refractivity contribution in [3.8, 4) is 0 Å². The quantitative estimate of drug-likeness (QED) is 0.525. The van der Waals surface area contributed by atoms with Crippen LogP contribution in [0.1, 0.15) is 48.7 Å². The molecule has 0 fully saturated rings. The third kappa shape index (κ3) is 4.07. The molecule has 0 aliphatic carbocycles. The summed E-state index contributed by atoms with van der Waals surface area (Å²) in [5.41, 5.74) is -0.611. The summed E-state index contributed by atoms with van der Waals surface area (Å²) in [4.78, 5) is 26.0. The number of halogens is 3. The van der Waals surface area contributed by atoms with Crippen molar-refractivity contribution in [2.75, 3.05) is 17.7 Å². The molecule has 0 bridgehead atoms. The van der Waals surface area contributed by atoms with Crippen molar-refractivity contribution in [3.05, 3.63) is 41.5 Å². The van der Waals surface area contributed by atoms with Crippen LogP contribution >= 0.6 is 0 Å². The lowest BCUT2D eigenvalue weighted by molar-refractivity contribution is -0.141. The maximum absolute atomic E-state index is 13.6. The smallest absolute Gasteiger partial charge is 0.329 e. The summed E-state index contributed by atoms with van der Waals surface area (Å²) >= 11 is 0. The zero-order chi connectivity index (χ0) is 24.3. The van der Waals surface area contributed by atoms with Crippen LogP contribution in [0.25, 0.3) is 11.0 Å². The fraction of sp³-hybridized carbons (Fsp3) is 0.429. The molecule has 1 aromatic carbocycles. The highest BCUT2D eigenvalue weighted by molar-refractivity contribution is 7.90. The van der Waals surface area contributed by atoms with Crippen molar-refractivity contribution >= 4 is 32.6 Å². The monoisotopic (exact) mass is 481 g/mol. The second kappa shape index (κ2) is 7.79. The van der Waals surface area contributed by atoms with Gasteiger partial charge in [-0.2, -0.15) is 13.2 Å². The fourth-order valence-corrected chi connectivity index (χ4v) is 4.81. The van der Waals surface area contributed by atoms with Crippen LogP contribution in [0.3, 0.4) is 0 Å². The van der Waals surface area contributed by atoms with Crippen LogP contribution in [-0.2, 0) is 22.6 Å². The van der Waals surface area contributed by atoms with Crippen LogP contribution in [-0.4, -0.2) is 46.5 Å². The van der Waals surface area contributed by atoms with Crippen LogP contribution in [0.2, 0.25) is 0 Å². The molecule has 0 saturated carbocycles. The highest BCUT2D eigenvalue weighted by atomic mass is 32.2. The van der Waals surface area contributed by atoms with Crippen molar-refractivity contribution in [1.29, 1.82) is 0 Å². The summed E-state index contributed by atoms with van der Waals surface area (Å²) in [6.07, 6.45) is -2.77. The Morgan fingerprint density at radius 1 is 1.18 bits per heavy atom. The van der Waals surface area contributed by atoms with E-state index in [9.17, 15) is 26.4 Å². The van der Waals surface area contributed by atoms with E-state index in [1.165, 1.54) is 6.07 Å². The zero-order valence-electron chi connectivity index (χ0n) is 18.4. The highest BCUT2D eigenvalue weighted by Gasteiger charge is 2.40. The Kier molecular flexibility index (Phi) is 5.46. The summed E-state index contributed by atoms with van der Waals surface area (Å²) in [6.45, 7) is 5.48. The molecule has 4 rings (SSSR count). The lowest BCUT2D eigenvalue weighted by Crippen LogP contribution is -2.42. The first-order valence-corrected chi connectivity index (χ1v) is 12.1. The van der Waals surface area contributed by atoms with Gasteiger partial charge in [0.25, 0.3) is 0 Å². The zero-order valence-corrected chi connectivity index (χ0v) is 19.2. The van der Waals surface area contributed by atoms with E-state index in [4.69, 9.17) is 0 Å². The van der Waals surface area contributed by atoms with Gasteiger partial charge in [-0.05, 0) is 31.0 Å². The molecular formula is C21H22F3N5O3S. The van der Waals surface area contributed by atoms with Crippen molar-refractivity contribution in [3.63, 3.8) is 0 Å². The van der Waals surface area contributed by atoms with Gasteiger partial charge in [-0.15, -0.1) is 0 Å². The number of hydrogen-bond donors (Lipinski definition) is 0. The first-order valence-electron chi connectivity index (χ1n) is 10.2. The second-order valence-electron chi connectivity index (χ2n) is 8.41. The Morgan fingerprint density at radius 2 is 1.88 bits per heavy atom. The van der Waals surface area contributed by atoms with E-state index >= 15 is 0 Å². The number of fused-ring (bicyclic) bond motifs is 3. The number of Topliss-reactive ketones (excluding diaryl/α,β-unsaturated/α-hetero) is 1. The minimum atomic E-state index is -4.81. The van der Waals surface area contributed by atoms with Gasteiger partial charge in [0.1, 0.15) is 5.82 Å². The fourth-order valence-electron chi connectivity index (χ4n) is 4.17. The van der Waals surface area contributed by atoms with Gasteiger partial charge < -0.3 is 9.47 Å². The largest absolute Gasteiger partial charge is 0.434 e. The lowest BCUT2D eigenvalue weighted by atomic mass is 10.00. The van der Waals surface area contributed by atoms with E-state index in [1.807, 2.05) is 18.4 Å². The van der Waals surface area contributed by atoms with Gasteiger partial charge in [0.15, 0.2) is 21.3 Å². The average molecular weight is 482 g/mol. The van der Waals surface area contributed by atoms with E-state index in [-0.39, 0.29) is 23.3 Å². The predicted molar refractivity (Wildman–Crippen MR) is 115 cm³/mol. The molecule has 1 atom stereocenters. The molecule has 2 aromatic heterocycles. The summed E-state index contributed by atoms with van der Waals surface area (Å²) in [7, 11) is -3.42. The number of nitrogens with zero attached hydrogens (tertiary/aromatic N) is 5. The van der Waals surface area contributed by atoms with Gasteiger partial charge in [-0.25, -0.2) is 23.4 Å². The van der Waals surface area contributed by atoms with Crippen LogP contribution in [0, 0.1) is 5.92 Å². The van der Waals surface area contributed by atoms with Gasteiger partial charge in [0.05, 0.1) is 27.5 Å². The molecule has 0 unspecified atom stereocenters. The predicted octanol–water partition coefficient (Wildman–Crippen LogP) is 3.67. The Bertz CT molecular complexity index is 1370. The molecule has 3 heterocycles. The number of sulfone groups is 1. The van der Waals surface area contributed by atoms with Crippen LogP contribution in [0.4, 0.5) is 19.1 Å². The summed E-state index contributed by atoms with van der Waals surface area (Å²) in [5, 5.41) is 0. The van der Waals surface area contributed by atoms with Crippen molar-refractivity contribution < 1.29 is 26.4 Å². The van der Waals surface area contributed by atoms with E-state index in [0.29, 0.717) is 23.4 Å². The maximum Gasteiger partial charge on any atom is 0.434 e. The van der Waals surface area contributed by atoms with Crippen molar-refractivity contribution in [1.82, 2.24) is 19.5 Å². The van der Waals surface area contributed by atoms with Gasteiger partial charge in [0, 0.05) is 25.5 Å². The molecule has 0 amide bonds. The topological polar surface area (TPSA) is 98.0 Å². The molecule has 12 heteroatoms. The van der Waals surface area contributed by atoms with Crippen molar-refractivity contribution in [2.45, 2.75) is 44.4 Å². The molecule has 0 saturated heterocycles. The van der Waals surface area contributed by atoms with Gasteiger partial charge in [0.2, 0.25) is 5.95 Å². The molecule has 1 aliphatic rings. The number of aromatic nitrogens is 4. The van der Waals surface area contributed by atoms with Crippen LogP contribution < -0.4 is 4.90 Å². The third-order valence-corrected chi connectivity index (χ3v) is 6.76. The number of alkyl halides is 3. The Hall–Kier alpha value is -3.02. The molecule has 176 valence electrons. The molecule has 33 heavy (non-hydrogen) atoms. The number of rotatable bonds is 4. The number of carbonyl (C=O) groups is 1. The van der Waals surface area contributed by atoms with Gasteiger partial charge in [-0.1, -0.05) is 13.8 Å². The van der Waals surface area contributed by atoms with E-state index in [2.05, 4.69) is 15.0 Å². The summed E-state index contributed by atoms with van der Waals surface area (Å²) in [6, 6.07) is 4.21. The summed E-state index contributed by atoms with van der Waals surface area (Å²) < 4.78 is 66.7. The van der Waals surface area contributed by atoms with E-state index in [0.717, 1.165) is 19.4 Å². The Labute approximate surface area is 188 Å². The number of imidazole rings is 1. The minimum absolute atomic E-state index is 0.0827. The molecule has 8 nitrogen and oxygen atoms in total. The first kappa shape index (κ1) is 23.1. The molecule has 0 N–H and O–H groups in total. The Morgan fingerprint density at radius 3 is 2.45 bits per heavy atom. The summed E-state index contributed by atoms with van der Waals surface area (Å²) in [5.74, 6) is -0.400. The van der Waals surface area contributed by atoms with Gasteiger partial charge >= 0.3 is 6.18 Å². The van der Waals surface area contributed by atoms with Crippen LogP contribution in [0.15, 0.2) is 29.3 Å². The van der Waals surface area contributed by atoms with E-state index in [1.54, 1.807) is 17.0 Å². The SMILES string of the molecule is CC(=O)c1cnc(N2CCn3c(nc4ccc(S(C)(=O)=O)cc43)[C@@H]2C(C)C)nc1C(F)(F)F. The molecule has 1 aliphatic heterocycles. The first-order chi connectivity index (χ1) is 15.3. The Balaban J connectivity index is 1.85. The number of ketones is 1. The number of anilines is 1. The van der Waals surface area contributed by atoms with Crippen LogP contribution in [0.5, 0.6) is 0 Å². The third-order valence-electron chi connectivity index (χ3n) is 5.65. The number of carbonyl (C=O) groups excluding carboxylic acids is 1. The standard InChI is InChI=1S/C21H22F3N5O3S/c1-11(2)17-19-26-15-6-5-13(33(4,31)32)9-16(15)28(19)7-8-29(17)20-25-10-14(12(3)30)18(27-20)21(22,23)24/h5-6,9-11,17H,7-8H2,1-4H3/t17-/m0/s1. The maximum atomic E-state index is 13.6. The number of benzene rings is 1. The molecule has 0 spiro atoms. The van der Waals surface area contributed by atoms with Crippen molar-refractivity contribution in [2.24, 2.45) is 5.92 Å². The molecule has 3 aromatic rings. The van der Waals surface area contributed by atoms with E-state index < -0.39 is 39.1 Å². The highest BCUT2D eigenvalue weighted by Crippen LogP contribution is 2.38. The second-order valence-corrected chi connectivity index (χ2v) is 10.4. The normalized spacial score (nSPS) is 17.0. The molecular weight excluding hydrogens is 459 g/mol. The minimum Gasteiger partial charge on any atom is -0.329 e. The number of hydrogen-bond acceptors (Lipinski definition) is 7. The average Bonchev–Trinajstić information content (AvgIpc) is 3.08. The van der Waals surface area contributed by atoms with Gasteiger partial charge in [-0.3, -0.25) is 4.79 Å². The molecule has 0 radical (unpaired) electrons. The lowest BCUT2D eigenvalue weighted by Gasteiger charge is -2.38.